The van der Waals surface area contributed by atoms with Gasteiger partial charge in [-0.3, -0.25) is 9.69 Å². The molecule has 40 heavy (non-hydrogen) atoms. The highest BCUT2D eigenvalue weighted by Crippen LogP contribution is 2.32. The standard InChI is InChI=1S/C27H32FN9O3/c28-20-3-1-4-21(15-20)37(17-25(29)39)18-26(33-34-37)32-27-23-6-5-22(16-24(23)30-19-31-27)40-14-2-7-35-8-10-36(11-9-35)12-13-38/h1,3-6,15-16,18-19,38H,2,7-14,17H2,(H2-,29,30,31,32,39)/p+1. The van der Waals surface area contributed by atoms with Gasteiger partial charge >= 0.3 is 0 Å². The van der Waals surface area contributed by atoms with Gasteiger partial charge in [0, 0.05) is 68.1 Å². The number of nitrogens with one attached hydrogen (secondary N) is 1. The van der Waals surface area contributed by atoms with Crippen LogP contribution >= 0.6 is 0 Å². The zero-order valence-corrected chi connectivity index (χ0v) is 22.1. The number of primary amides is 1. The van der Waals surface area contributed by atoms with Crippen molar-refractivity contribution in [3.05, 3.63) is 66.6 Å². The van der Waals surface area contributed by atoms with E-state index in [9.17, 15) is 9.18 Å². The number of nitrogens with zero attached hydrogens (tertiary/aromatic N) is 7. The van der Waals surface area contributed by atoms with E-state index in [4.69, 9.17) is 15.6 Å². The quantitative estimate of drug-likeness (QED) is 0.230. The van der Waals surface area contributed by atoms with Gasteiger partial charge in [0.1, 0.15) is 23.7 Å². The summed E-state index contributed by atoms with van der Waals surface area (Å²) >= 11 is 0. The van der Waals surface area contributed by atoms with Crippen molar-refractivity contribution in [3.63, 3.8) is 0 Å². The maximum absolute atomic E-state index is 13.9. The van der Waals surface area contributed by atoms with Crippen molar-refractivity contribution >= 4 is 28.3 Å². The van der Waals surface area contributed by atoms with Gasteiger partial charge in [0.05, 0.1) is 18.7 Å². The molecule has 3 aromatic rings. The lowest BCUT2D eigenvalue weighted by molar-refractivity contribution is -0.118. The van der Waals surface area contributed by atoms with Crippen LogP contribution in [-0.2, 0) is 4.79 Å². The Morgan fingerprint density at radius 2 is 1.90 bits per heavy atom. The largest absolute Gasteiger partial charge is 0.493 e. The zero-order valence-electron chi connectivity index (χ0n) is 22.1. The van der Waals surface area contributed by atoms with Crippen LogP contribution in [0.1, 0.15) is 6.42 Å². The van der Waals surface area contributed by atoms with Gasteiger partial charge in [0.25, 0.3) is 5.91 Å². The van der Waals surface area contributed by atoms with Crippen LogP contribution in [0.4, 0.5) is 15.9 Å². The minimum atomic E-state index is -0.610. The van der Waals surface area contributed by atoms with Crippen LogP contribution in [0, 0.1) is 5.82 Å². The number of quaternary nitrogens is 1. The highest BCUT2D eigenvalue weighted by Gasteiger charge is 2.38. The van der Waals surface area contributed by atoms with E-state index in [0.29, 0.717) is 35.2 Å². The molecule has 5 rings (SSSR count). The molecule has 1 aromatic heterocycles. The van der Waals surface area contributed by atoms with E-state index < -0.39 is 16.3 Å². The van der Waals surface area contributed by atoms with E-state index >= 15 is 0 Å². The van der Waals surface area contributed by atoms with Crippen LogP contribution < -0.4 is 20.4 Å². The minimum absolute atomic E-state index is 0.207. The summed E-state index contributed by atoms with van der Waals surface area (Å²) in [5, 5.41) is 21.4. The Kier molecular flexibility index (Phi) is 8.55. The van der Waals surface area contributed by atoms with E-state index in [-0.39, 0.29) is 13.2 Å². The van der Waals surface area contributed by atoms with Gasteiger partial charge < -0.3 is 25.8 Å². The maximum Gasteiger partial charge on any atom is 0.276 e. The summed E-state index contributed by atoms with van der Waals surface area (Å²) in [6, 6.07) is 11.4. The molecule has 210 valence electrons. The fraction of sp³-hybridized carbons (Fsp3) is 0.370. The summed E-state index contributed by atoms with van der Waals surface area (Å²) in [6.07, 6.45) is 3.94. The number of aromatic nitrogens is 2. The number of benzene rings is 2. The van der Waals surface area contributed by atoms with Gasteiger partial charge in [-0.1, -0.05) is 11.2 Å². The third kappa shape index (κ3) is 6.57. The number of carbonyl (C=O) groups excluding carboxylic acids is 1. The molecule has 3 heterocycles. The molecule has 1 atom stereocenters. The normalized spacial score (nSPS) is 19.6. The summed E-state index contributed by atoms with van der Waals surface area (Å²) in [4.78, 5) is 25.3. The summed E-state index contributed by atoms with van der Waals surface area (Å²) in [5.74, 6) is 0.485. The number of amides is 1. The molecule has 0 saturated carbocycles. The molecule has 1 amide bonds. The zero-order chi connectivity index (χ0) is 28.0. The molecule has 2 aliphatic rings. The van der Waals surface area contributed by atoms with Gasteiger partial charge in [-0.2, -0.15) is 0 Å². The molecule has 2 aromatic carbocycles. The van der Waals surface area contributed by atoms with E-state index in [2.05, 4.69) is 35.4 Å². The number of hydrogen-bond donors (Lipinski definition) is 3. The lowest BCUT2D eigenvalue weighted by atomic mass is 10.2. The number of anilines is 1. The lowest BCUT2D eigenvalue weighted by Gasteiger charge is -2.34. The van der Waals surface area contributed by atoms with Crippen LogP contribution in [0.15, 0.2) is 71.2 Å². The molecular formula is C27H33FN9O3+. The van der Waals surface area contributed by atoms with Gasteiger partial charge in [0.2, 0.25) is 5.82 Å². The number of hydrogen-bond acceptors (Lipinski definition) is 10. The first-order chi connectivity index (χ1) is 19.4. The summed E-state index contributed by atoms with van der Waals surface area (Å²) in [5.41, 5.74) is 6.58. The van der Waals surface area contributed by atoms with Crippen molar-refractivity contribution in [2.75, 3.05) is 64.3 Å². The average Bonchev–Trinajstić information content (AvgIpc) is 3.35. The van der Waals surface area contributed by atoms with Crippen molar-refractivity contribution in [3.8, 4) is 5.75 Å². The first kappa shape index (κ1) is 27.5. The Hall–Kier alpha value is -4.04. The number of halogens is 1. The SMILES string of the molecule is NC(=O)C[N+]1(c2cccc(F)c2)C=C(Nc2ncnc3cc(OCCCN4CCN(CCO)CC4)ccc23)N=N1. The fourth-order valence-electron chi connectivity index (χ4n) is 4.89. The van der Waals surface area contributed by atoms with Crippen LogP contribution in [0.2, 0.25) is 0 Å². The van der Waals surface area contributed by atoms with E-state index in [1.807, 2.05) is 18.2 Å². The van der Waals surface area contributed by atoms with E-state index in [1.165, 1.54) is 18.5 Å². The van der Waals surface area contributed by atoms with Crippen molar-refractivity contribution in [1.29, 1.82) is 0 Å². The number of β-amino-alcohol motifs (C(OH)–C–C–N with tert-alkyl or cyclic N) is 1. The Morgan fingerprint density at radius 1 is 1.10 bits per heavy atom. The van der Waals surface area contributed by atoms with Gasteiger partial charge in [-0.05, 0) is 24.6 Å². The second-order valence-electron chi connectivity index (χ2n) is 9.77. The Morgan fingerprint density at radius 3 is 2.65 bits per heavy atom. The number of ether oxygens (including phenoxy) is 1. The van der Waals surface area contributed by atoms with Gasteiger partial charge in [0.15, 0.2) is 18.4 Å². The minimum Gasteiger partial charge on any atom is -0.493 e. The Labute approximate surface area is 231 Å². The molecule has 1 fully saturated rings. The molecule has 1 unspecified atom stereocenters. The fourth-order valence-corrected chi connectivity index (χ4v) is 4.89. The smallest absolute Gasteiger partial charge is 0.276 e. The first-order valence-corrected chi connectivity index (χ1v) is 13.2. The average molecular weight is 551 g/mol. The number of nitrogens with two attached hydrogens (primary N) is 1. The lowest BCUT2D eigenvalue weighted by Crippen LogP contribution is -2.47. The molecule has 0 radical (unpaired) electrons. The number of fused-ring (bicyclic) bond motifs is 1. The molecule has 1 saturated heterocycles. The maximum atomic E-state index is 13.9. The van der Waals surface area contributed by atoms with Crippen molar-refractivity contribution < 1.29 is 19.0 Å². The third-order valence-corrected chi connectivity index (χ3v) is 6.92. The first-order valence-electron chi connectivity index (χ1n) is 13.2. The third-order valence-electron chi connectivity index (χ3n) is 6.92. The van der Waals surface area contributed by atoms with Crippen LogP contribution in [0.5, 0.6) is 5.75 Å². The molecule has 4 N–H and O–H groups in total. The second kappa shape index (κ2) is 12.4. The van der Waals surface area contributed by atoms with E-state index in [1.54, 1.807) is 18.3 Å². The molecule has 0 bridgehead atoms. The van der Waals surface area contributed by atoms with Crippen LogP contribution in [0.3, 0.4) is 0 Å². The predicted octanol–water partition coefficient (Wildman–Crippen LogP) is 2.23. The molecule has 13 heteroatoms. The molecular weight excluding hydrogens is 517 g/mol. The van der Waals surface area contributed by atoms with Crippen molar-refractivity contribution in [1.82, 2.24) is 24.4 Å². The van der Waals surface area contributed by atoms with Crippen molar-refractivity contribution in [2.45, 2.75) is 6.42 Å². The topological polar surface area (TPSA) is 142 Å². The predicted molar refractivity (Wildman–Crippen MR) is 148 cm³/mol. The Balaban J connectivity index is 1.22. The number of aliphatic hydroxyl groups is 1. The number of piperazine rings is 1. The molecule has 0 spiro atoms. The summed E-state index contributed by atoms with van der Waals surface area (Å²) in [7, 11) is 0. The van der Waals surface area contributed by atoms with Gasteiger partial charge in [-0.25, -0.2) is 14.4 Å². The van der Waals surface area contributed by atoms with Crippen molar-refractivity contribution in [2.24, 2.45) is 16.1 Å². The Bertz CT molecular complexity index is 1410. The highest BCUT2D eigenvalue weighted by molar-refractivity contribution is 5.90. The number of rotatable bonds is 12. The van der Waals surface area contributed by atoms with E-state index in [0.717, 1.165) is 51.1 Å². The highest BCUT2D eigenvalue weighted by atomic mass is 19.1. The monoisotopic (exact) mass is 550 g/mol. The second-order valence-corrected chi connectivity index (χ2v) is 9.77. The summed E-state index contributed by atoms with van der Waals surface area (Å²) < 4.78 is 19.5. The van der Waals surface area contributed by atoms with Crippen LogP contribution in [-0.4, -0.2) is 89.8 Å². The molecule has 2 aliphatic heterocycles. The number of aliphatic hydroxyl groups excluding tert-OH is 1. The van der Waals surface area contributed by atoms with Crippen LogP contribution in [0.25, 0.3) is 10.9 Å². The molecule has 0 aliphatic carbocycles. The summed E-state index contributed by atoms with van der Waals surface area (Å²) in [6.45, 7) is 6.25. The van der Waals surface area contributed by atoms with Gasteiger partial charge in [-0.15, -0.1) is 4.59 Å². The number of carbonyl (C=O) groups is 1. The molecule has 12 nitrogen and oxygen atoms in total.